The van der Waals surface area contributed by atoms with Gasteiger partial charge in [0.05, 0.1) is 13.2 Å². The highest BCUT2D eigenvalue weighted by molar-refractivity contribution is 8.00. The molecule has 50 heavy (non-hydrogen) atoms. The fourth-order valence-electron chi connectivity index (χ4n) is 6.04. The number of carbonyl (C=O) groups excluding carboxylic acids is 2. The summed E-state index contributed by atoms with van der Waals surface area (Å²) in [5.74, 6) is -1.66. The largest absolute Gasteiger partial charge is 0.453 e. The first kappa shape index (κ1) is 34.7. The molecule has 0 aromatic heterocycles. The van der Waals surface area contributed by atoms with E-state index in [1.165, 1.54) is 23.5 Å². The lowest BCUT2D eigenvalue weighted by Gasteiger charge is -2.42. The minimum absolute atomic E-state index is 0.147. The molecule has 4 aromatic rings. The summed E-state index contributed by atoms with van der Waals surface area (Å²) in [5, 5.41) is 22.6. The minimum Gasteiger partial charge on any atom is -0.453 e. The maximum atomic E-state index is 13.9. The van der Waals surface area contributed by atoms with Crippen LogP contribution in [0.25, 0.3) is 0 Å². The Morgan fingerprint density at radius 2 is 1.10 bits per heavy atom. The number of thioether (sulfide) groups is 2. The molecule has 3 heterocycles. The molecule has 3 saturated heterocycles. The average molecular weight is 717 g/mol. The van der Waals surface area contributed by atoms with Gasteiger partial charge in [-0.25, -0.2) is 9.59 Å². The lowest BCUT2D eigenvalue weighted by atomic mass is 9.99. The van der Waals surface area contributed by atoms with Gasteiger partial charge in [0.2, 0.25) is 0 Å². The summed E-state index contributed by atoms with van der Waals surface area (Å²) in [5.41, 5.74) is 0.201. The van der Waals surface area contributed by atoms with E-state index >= 15 is 0 Å². The van der Waals surface area contributed by atoms with Gasteiger partial charge in [-0.2, -0.15) is 0 Å². The Morgan fingerprint density at radius 1 is 0.620 bits per heavy atom. The van der Waals surface area contributed by atoms with Gasteiger partial charge < -0.3 is 38.6 Å². The summed E-state index contributed by atoms with van der Waals surface area (Å²) < 4.78 is 36.5. The van der Waals surface area contributed by atoms with Crippen molar-refractivity contribution in [2.24, 2.45) is 0 Å². The van der Waals surface area contributed by atoms with Crippen LogP contribution in [0.1, 0.15) is 11.1 Å². The Balaban J connectivity index is 1.09. The quantitative estimate of drug-likeness (QED) is 0.196. The number of ether oxygens (including phenoxy) is 6. The van der Waals surface area contributed by atoms with Crippen LogP contribution >= 0.6 is 23.5 Å². The normalized spacial score (nSPS) is 30.4. The van der Waals surface area contributed by atoms with Crippen molar-refractivity contribution < 1.29 is 48.2 Å². The van der Waals surface area contributed by atoms with Crippen molar-refractivity contribution in [3.05, 3.63) is 132 Å². The summed E-state index contributed by atoms with van der Waals surface area (Å²) in [6.45, 7) is 0.341. The molecule has 0 radical (unpaired) electrons. The van der Waals surface area contributed by atoms with E-state index in [9.17, 15) is 19.8 Å². The molecule has 0 spiro atoms. The van der Waals surface area contributed by atoms with Gasteiger partial charge in [-0.1, -0.05) is 121 Å². The molecule has 12 heteroatoms. The maximum Gasteiger partial charge on any atom is 0.339 e. The number of rotatable bonds is 12. The van der Waals surface area contributed by atoms with Gasteiger partial charge in [0, 0.05) is 9.79 Å². The minimum atomic E-state index is -1.69. The van der Waals surface area contributed by atoms with Crippen LogP contribution in [-0.2, 0) is 51.2 Å². The van der Waals surface area contributed by atoms with Crippen LogP contribution in [0.2, 0.25) is 0 Å². The number of hydrogen-bond acceptors (Lipinski definition) is 12. The molecule has 3 aliphatic heterocycles. The van der Waals surface area contributed by atoms with Crippen LogP contribution in [0, 0.1) is 0 Å². The average Bonchev–Trinajstić information content (AvgIpc) is 3.36. The Morgan fingerprint density at radius 3 is 1.64 bits per heavy atom. The van der Waals surface area contributed by atoms with Crippen molar-refractivity contribution in [3.8, 4) is 0 Å². The Labute approximate surface area is 298 Å². The predicted octanol–water partition coefficient (Wildman–Crippen LogP) is 4.75. The van der Waals surface area contributed by atoms with Gasteiger partial charge in [0.1, 0.15) is 35.3 Å². The first-order valence-corrected chi connectivity index (χ1v) is 18.0. The molecule has 2 N–H and O–H groups in total. The number of fused-ring (bicyclic) bond motifs is 2. The number of hydrogen-bond donors (Lipinski definition) is 2. The second kappa shape index (κ2) is 16.1. The second-order valence-electron chi connectivity index (χ2n) is 12.0. The van der Waals surface area contributed by atoms with E-state index in [1.54, 1.807) is 0 Å². The second-order valence-corrected chi connectivity index (χ2v) is 14.4. The zero-order valence-electron chi connectivity index (χ0n) is 26.7. The van der Waals surface area contributed by atoms with E-state index in [-0.39, 0.29) is 13.2 Å². The number of aliphatic hydroxyl groups excluding tert-OH is 2. The number of esters is 2. The molecule has 10 nitrogen and oxygen atoms in total. The van der Waals surface area contributed by atoms with Crippen LogP contribution in [0.15, 0.2) is 131 Å². The molecule has 2 bridgehead atoms. The van der Waals surface area contributed by atoms with Crippen molar-refractivity contribution >= 4 is 35.5 Å². The molecule has 7 rings (SSSR count). The van der Waals surface area contributed by atoms with Gasteiger partial charge in [-0.3, -0.25) is 0 Å². The number of aliphatic hydroxyl groups is 2. The van der Waals surface area contributed by atoms with Crippen molar-refractivity contribution in [2.45, 2.75) is 82.7 Å². The standard InChI is InChI=1S/C38H36O10S2/c39-27-28(40)30(43-21-23-13-5-1-6-14-23)37(49-25-17-9-3-10-18-25)47-29(27)35(41)45-31-32-34(44-22-24-15-7-2-8-16-24)38(48-33(31)36(42)46-32)50-26-19-11-4-12-20-26/h1-20,27-34,37-40H,21-22H2/t27-,28+,29+,30-,31-,32+,33+,34-,37+,38+/m1/s1. The highest BCUT2D eigenvalue weighted by Crippen LogP contribution is 2.42. The van der Waals surface area contributed by atoms with Crippen molar-refractivity contribution in [2.75, 3.05) is 0 Å². The van der Waals surface area contributed by atoms with Gasteiger partial charge in [-0.05, 0) is 35.4 Å². The van der Waals surface area contributed by atoms with Gasteiger partial charge in [0.15, 0.2) is 24.4 Å². The number of benzene rings is 4. The maximum absolute atomic E-state index is 13.9. The molecule has 10 atom stereocenters. The molecule has 0 unspecified atom stereocenters. The fourth-order valence-corrected chi connectivity index (χ4v) is 8.30. The third-order valence-electron chi connectivity index (χ3n) is 8.57. The molecule has 0 amide bonds. The summed E-state index contributed by atoms with van der Waals surface area (Å²) in [7, 11) is 0. The smallest absolute Gasteiger partial charge is 0.339 e. The zero-order valence-corrected chi connectivity index (χ0v) is 28.3. The van der Waals surface area contributed by atoms with E-state index in [4.69, 9.17) is 28.4 Å². The molecule has 3 fully saturated rings. The summed E-state index contributed by atoms with van der Waals surface area (Å²) in [6, 6.07) is 37.8. The SMILES string of the molecule is O=C(O[C@@H]1[C@@H]2OC(=O)[C@H]1O[C@@H](Sc1ccccc1)[C@@H]2OCc1ccccc1)[C@H]1O[C@@H](Sc2ccccc2)[C@H](OCc2ccccc2)[C@@H](O)[C@H]1O. The van der Waals surface area contributed by atoms with Gasteiger partial charge >= 0.3 is 11.9 Å². The van der Waals surface area contributed by atoms with Crippen LogP contribution in [0.4, 0.5) is 0 Å². The van der Waals surface area contributed by atoms with E-state index < -0.39 is 71.6 Å². The molecular weight excluding hydrogens is 681 g/mol. The third-order valence-corrected chi connectivity index (χ3v) is 10.9. The van der Waals surface area contributed by atoms with Crippen molar-refractivity contribution in [1.29, 1.82) is 0 Å². The topological polar surface area (TPSA) is 130 Å². The molecule has 4 aromatic carbocycles. The highest BCUT2D eigenvalue weighted by atomic mass is 32.2. The molecular formula is C38H36O10S2. The first-order valence-electron chi connectivity index (χ1n) is 16.3. The van der Waals surface area contributed by atoms with Crippen molar-refractivity contribution in [3.63, 3.8) is 0 Å². The highest BCUT2D eigenvalue weighted by Gasteiger charge is 2.60. The van der Waals surface area contributed by atoms with Crippen LogP contribution in [-0.4, -0.2) is 81.9 Å². The van der Waals surface area contributed by atoms with Gasteiger partial charge in [0.25, 0.3) is 0 Å². The Hall–Kier alpha value is -3.72. The van der Waals surface area contributed by atoms with E-state index in [0.29, 0.717) is 0 Å². The Kier molecular flexibility index (Phi) is 11.2. The molecule has 3 aliphatic rings. The molecule has 260 valence electrons. The predicted molar refractivity (Wildman–Crippen MR) is 184 cm³/mol. The lowest BCUT2D eigenvalue weighted by molar-refractivity contribution is -0.234. The van der Waals surface area contributed by atoms with Crippen LogP contribution in [0.3, 0.4) is 0 Å². The summed E-state index contributed by atoms with van der Waals surface area (Å²) in [4.78, 5) is 28.7. The van der Waals surface area contributed by atoms with E-state index in [0.717, 1.165) is 20.9 Å². The van der Waals surface area contributed by atoms with Crippen LogP contribution < -0.4 is 0 Å². The number of carbonyl (C=O) groups is 2. The zero-order chi connectivity index (χ0) is 34.5. The summed E-state index contributed by atoms with van der Waals surface area (Å²) in [6.07, 6.45) is -10.0. The van der Waals surface area contributed by atoms with Crippen LogP contribution in [0.5, 0.6) is 0 Å². The molecule has 0 aliphatic carbocycles. The fraction of sp³-hybridized carbons (Fsp3) is 0.316. The monoisotopic (exact) mass is 716 g/mol. The molecule has 0 saturated carbocycles. The van der Waals surface area contributed by atoms with E-state index in [1.807, 2.05) is 121 Å². The lowest BCUT2D eigenvalue weighted by Crippen LogP contribution is -2.61. The Bertz CT molecular complexity index is 1700. The third kappa shape index (κ3) is 7.93. The van der Waals surface area contributed by atoms with Gasteiger partial charge in [-0.15, -0.1) is 0 Å². The summed E-state index contributed by atoms with van der Waals surface area (Å²) >= 11 is 2.63. The van der Waals surface area contributed by atoms with Crippen molar-refractivity contribution in [1.82, 2.24) is 0 Å². The van der Waals surface area contributed by atoms with E-state index in [2.05, 4.69) is 0 Å². The first-order chi connectivity index (χ1) is 24.4.